The summed E-state index contributed by atoms with van der Waals surface area (Å²) in [6.45, 7) is 0. The smallest absolute Gasteiger partial charge is 0.739 e. The summed E-state index contributed by atoms with van der Waals surface area (Å²) >= 11 is 0. The van der Waals surface area contributed by atoms with Gasteiger partial charge in [0.15, 0.2) is 0 Å². The summed E-state index contributed by atoms with van der Waals surface area (Å²) < 4.78 is 0. The van der Waals surface area contributed by atoms with Crippen LogP contribution in [-0.2, 0) is 17.1 Å². The van der Waals surface area contributed by atoms with Gasteiger partial charge in [-0.2, -0.15) is 0 Å². The minimum atomic E-state index is 0. The first-order valence-electron chi connectivity index (χ1n) is 8.10. The standard InChI is InChI=1S/3C6H6N2O2.Fe/c3*9-7-8(10)6-4-2-1-3-5-6;/h3*1-5,9H;/q;;;+3/p-3/b3*8-7-;. The number of hydrogen-bond donors (Lipinski definition) is 0. The van der Waals surface area contributed by atoms with E-state index in [0.29, 0.717) is 0 Å². The summed E-state index contributed by atoms with van der Waals surface area (Å²) in [4.78, 5) is 0.0833. The second kappa shape index (κ2) is 15.7. The molecule has 0 saturated heterocycles. The first kappa shape index (κ1) is 26.8. The van der Waals surface area contributed by atoms with Crippen molar-refractivity contribution in [3.05, 3.63) is 122 Å². The van der Waals surface area contributed by atoms with Gasteiger partial charge in [-0.1, -0.05) is 69.2 Å². The molecule has 0 heterocycles. The zero-order valence-corrected chi connectivity index (χ0v) is 16.8. The van der Waals surface area contributed by atoms with Crippen LogP contribution in [0.3, 0.4) is 0 Å². The molecule has 0 aromatic heterocycles. The Kier molecular flexibility index (Phi) is 13.5. The molecule has 0 aliphatic heterocycles. The van der Waals surface area contributed by atoms with Gasteiger partial charge in [0, 0.05) is 36.4 Å². The molecule has 3 aromatic rings. The quantitative estimate of drug-likeness (QED) is 0.217. The van der Waals surface area contributed by atoms with Gasteiger partial charge in [0.1, 0.15) is 0 Å². The van der Waals surface area contributed by atoms with E-state index >= 15 is 0 Å². The maximum absolute atomic E-state index is 10.5. The van der Waals surface area contributed by atoms with E-state index in [-0.39, 0.29) is 48.7 Å². The van der Waals surface area contributed by atoms with Gasteiger partial charge in [-0.15, -0.1) is 0 Å². The molecule has 0 N–H and O–H groups in total. The van der Waals surface area contributed by atoms with Crippen LogP contribution in [0.2, 0.25) is 0 Å². The van der Waals surface area contributed by atoms with Crippen LogP contribution in [0.1, 0.15) is 0 Å². The number of benzene rings is 3. The van der Waals surface area contributed by atoms with Crippen molar-refractivity contribution < 1.29 is 31.7 Å². The SMILES string of the molecule is [Fe+3].[O-]/N=[N+](\[O-])c1ccccc1.[O-]/N=[N+](\[O-])c1ccccc1.[O-]/N=[N+](\[O-])c1ccccc1. The largest absolute Gasteiger partial charge is 3.00 e. The zero-order valence-electron chi connectivity index (χ0n) is 15.6. The van der Waals surface area contributed by atoms with Crippen LogP contribution in [0, 0.1) is 31.2 Å². The fourth-order valence-electron chi connectivity index (χ4n) is 1.81. The van der Waals surface area contributed by atoms with Crippen molar-refractivity contribution in [3.63, 3.8) is 0 Å². The molecule has 0 atom stereocenters. The monoisotopic (exact) mass is 467 g/mol. The number of rotatable bonds is 3. The molecule has 0 fully saturated rings. The number of para-hydroxylation sites is 3. The number of nitrogens with zero attached hydrogens (tertiary/aromatic N) is 6. The van der Waals surface area contributed by atoms with Crippen molar-refractivity contribution in [2.24, 2.45) is 15.8 Å². The predicted molar refractivity (Wildman–Crippen MR) is 107 cm³/mol. The van der Waals surface area contributed by atoms with E-state index in [4.69, 9.17) is 0 Å². The molecular formula is C18H15FeN6O6. The Morgan fingerprint density at radius 2 is 0.613 bits per heavy atom. The molecule has 0 aliphatic rings. The van der Waals surface area contributed by atoms with Crippen molar-refractivity contribution in [2.75, 3.05) is 0 Å². The average Bonchev–Trinajstić information content (AvgIpc) is 2.85. The minimum Gasteiger partial charge on any atom is -0.739 e. The average molecular weight is 467 g/mol. The van der Waals surface area contributed by atoms with Gasteiger partial charge in [-0.25, -0.2) is 0 Å². The molecule has 0 unspecified atom stereocenters. The summed E-state index contributed by atoms with van der Waals surface area (Å²) in [7, 11) is 0. The van der Waals surface area contributed by atoms with Gasteiger partial charge in [0.05, 0.1) is 0 Å². The van der Waals surface area contributed by atoms with E-state index in [9.17, 15) is 31.2 Å². The fourth-order valence-corrected chi connectivity index (χ4v) is 1.81. The maximum Gasteiger partial charge on any atom is 3.00 e. The molecule has 0 aliphatic carbocycles. The third-order valence-electron chi connectivity index (χ3n) is 3.15. The Labute approximate surface area is 187 Å². The first-order chi connectivity index (χ1) is 14.5. The van der Waals surface area contributed by atoms with Gasteiger partial charge in [0.25, 0.3) is 0 Å². The molecule has 12 nitrogen and oxygen atoms in total. The van der Waals surface area contributed by atoms with Crippen LogP contribution in [-0.4, -0.2) is 14.6 Å². The van der Waals surface area contributed by atoms with Gasteiger partial charge in [0.2, 0.25) is 17.1 Å². The molecule has 161 valence electrons. The summed E-state index contributed by atoms with van der Waals surface area (Å²) in [5.41, 5.74) is 0.743. The molecule has 3 aromatic carbocycles. The molecule has 0 bridgehead atoms. The van der Waals surface area contributed by atoms with Crippen molar-refractivity contribution in [3.8, 4) is 0 Å². The Hall–Kier alpha value is -4.22. The van der Waals surface area contributed by atoms with Crippen molar-refractivity contribution in [2.45, 2.75) is 0 Å². The van der Waals surface area contributed by atoms with E-state index in [2.05, 4.69) is 15.8 Å². The topological polar surface area (TPSA) is 184 Å². The number of hydrogen-bond acceptors (Lipinski definition) is 9. The van der Waals surface area contributed by atoms with E-state index in [1.165, 1.54) is 36.4 Å². The summed E-state index contributed by atoms with van der Waals surface area (Å²) in [6.07, 6.45) is 0. The van der Waals surface area contributed by atoms with Crippen LogP contribution >= 0.6 is 0 Å². The summed E-state index contributed by atoms with van der Waals surface area (Å²) in [6, 6.07) is 24.3. The van der Waals surface area contributed by atoms with Crippen LogP contribution < -0.4 is 0 Å². The molecule has 13 heteroatoms. The summed E-state index contributed by atoms with van der Waals surface area (Å²) in [5.74, 6) is 0. The van der Waals surface area contributed by atoms with E-state index < -0.39 is 0 Å². The Bertz CT molecular complexity index is 832. The molecule has 3 rings (SSSR count). The third-order valence-corrected chi connectivity index (χ3v) is 3.15. The predicted octanol–water partition coefficient (Wildman–Crippen LogP) is 5.33. The fraction of sp³-hybridized carbons (Fsp3) is 0. The second-order valence-electron chi connectivity index (χ2n) is 5.07. The zero-order chi connectivity index (χ0) is 22.2. The van der Waals surface area contributed by atoms with Crippen molar-refractivity contribution in [1.82, 2.24) is 0 Å². The van der Waals surface area contributed by atoms with Gasteiger partial charge >= 0.3 is 17.1 Å². The van der Waals surface area contributed by atoms with Crippen molar-refractivity contribution >= 4 is 17.1 Å². The summed E-state index contributed by atoms with van der Waals surface area (Å²) in [5, 5.41) is 66.9. The maximum atomic E-state index is 10.5. The first-order valence-corrected chi connectivity index (χ1v) is 8.10. The van der Waals surface area contributed by atoms with Gasteiger partial charge in [-0.05, 0) is 15.8 Å². The van der Waals surface area contributed by atoms with E-state index in [1.54, 1.807) is 54.6 Å². The van der Waals surface area contributed by atoms with Crippen LogP contribution in [0.25, 0.3) is 0 Å². The molecule has 31 heavy (non-hydrogen) atoms. The van der Waals surface area contributed by atoms with E-state index in [0.717, 1.165) is 0 Å². The molecule has 1 radical (unpaired) electrons. The van der Waals surface area contributed by atoms with Crippen LogP contribution in [0.4, 0.5) is 17.1 Å². The Morgan fingerprint density at radius 3 is 0.774 bits per heavy atom. The van der Waals surface area contributed by atoms with Crippen molar-refractivity contribution in [1.29, 1.82) is 0 Å². The molecule has 0 spiro atoms. The molecule has 0 saturated carbocycles. The van der Waals surface area contributed by atoms with Gasteiger partial charge in [-0.3, -0.25) is 0 Å². The molecule has 0 amide bonds. The van der Waals surface area contributed by atoms with Crippen LogP contribution in [0.15, 0.2) is 107 Å². The van der Waals surface area contributed by atoms with Crippen LogP contribution in [0.5, 0.6) is 0 Å². The minimum absolute atomic E-state index is 0. The Morgan fingerprint density at radius 1 is 0.419 bits per heavy atom. The normalized spacial score (nSPS) is 11.0. The molecular weight excluding hydrogens is 452 g/mol. The Balaban J connectivity index is 0.000000429. The van der Waals surface area contributed by atoms with E-state index in [1.807, 2.05) is 0 Å². The third kappa shape index (κ3) is 10.2. The second-order valence-corrected chi connectivity index (χ2v) is 5.07. The van der Waals surface area contributed by atoms with Gasteiger partial charge < -0.3 is 31.2 Å².